The summed E-state index contributed by atoms with van der Waals surface area (Å²) in [5, 5.41) is 2.22. The van der Waals surface area contributed by atoms with Crippen molar-refractivity contribution in [3.05, 3.63) is 199 Å². The van der Waals surface area contributed by atoms with Gasteiger partial charge in [0.15, 0.2) is 5.58 Å². The van der Waals surface area contributed by atoms with Gasteiger partial charge in [0.2, 0.25) is 0 Å². The Labute approximate surface area is 310 Å². The molecule has 0 radical (unpaired) electrons. The van der Waals surface area contributed by atoms with Crippen LogP contribution in [0.25, 0.3) is 66.4 Å². The predicted octanol–water partition coefficient (Wildman–Crippen LogP) is 14.4. The maximum Gasteiger partial charge on any atom is 0.159 e. The molecule has 0 bridgehead atoms. The van der Waals surface area contributed by atoms with Crippen LogP contribution < -0.4 is 4.90 Å². The van der Waals surface area contributed by atoms with Gasteiger partial charge in [0.25, 0.3) is 0 Å². The van der Waals surface area contributed by atoms with Gasteiger partial charge in [-0.1, -0.05) is 153 Å². The zero-order chi connectivity index (χ0) is 35.5. The minimum absolute atomic E-state index is 0.0145. The van der Waals surface area contributed by atoms with E-state index in [2.05, 4.69) is 201 Å². The highest BCUT2D eigenvalue weighted by molar-refractivity contribution is 6.10. The number of anilines is 3. The van der Waals surface area contributed by atoms with Crippen LogP contribution in [-0.2, 0) is 5.41 Å². The maximum atomic E-state index is 6.68. The van der Waals surface area contributed by atoms with Crippen molar-refractivity contribution < 1.29 is 4.42 Å². The Kier molecular flexibility index (Phi) is 7.19. The first-order chi connectivity index (χ1) is 26.0. The van der Waals surface area contributed by atoms with Gasteiger partial charge >= 0.3 is 0 Å². The molecule has 1 aliphatic rings. The Balaban J connectivity index is 1.16. The van der Waals surface area contributed by atoms with Crippen LogP contribution in [0.1, 0.15) is 25.0 Å². The van der Waals surface area contributed by atoms with E-state index >= 15 is 0 Å². The monoisotopic (exact) mass is 679 g/mol. The summed E-state index contributed by atoms with van der Waals surface area (Å²) in [5.74, 6) is 0. The van der Waals surface area contributed by atoms with Crippen LogP contribution in [0.4, 0.5) is 17.1 Å². The number of furan rings is 1. The molecule has 0 unspecified atom stereocenters. The van der Waals surface area contributed by atoms with E-state index in [0.717, 1.165) is 50.1 Å². The smallest absolute Gasteiger partial charge is 0.159 e. The first-order valence-electron chi connectivity index (χ1n) is 18.3. The molecule has 8 aromatic carbocycles. The second-order valence-corrected chi connectivity index (χ2v) is 14.6. The molecule has 1 heterocycles. The average molecular weight is 680 g/mol. The largest absolute Gasteiger partial charge is 0.454 e. The third kappa shape index (κ3) is 5.18. The number of para-hydroxylation sites is 2. The molecule has 0 aliphatic heterocycles. The van der Waals surface area contributed by atoms with Gasteiger partial charge in [-0.3, -0.25) is 0 Å². The fourth-order valence-electron chi connectivity index (χ4n) is 8.37. The SMILES string of the molecule is CC1(C)c2ccccc2-c2cc(-c3ccc(N(c4cc(-c5ccccc5)cc(-c5ccccc5)c4)c4cccc5c4oc4ccccc45)cc3)ccc21. The highest BCUT2D eigenvalue weighted by atomic mass is 16.3. The zero-order valence-corrected chi connectivity index (χ0v) is 29.8. The Hall–Kier alpha value is -6.64. The van der Waals surface area contributed by atoms with Crippen molar-refractivity contribution in [1.82, 2.24) is 0 Å². The highest BCUT2D eigenvalue weighted by Crippen LogP contribution is 2.50. The molecule has 2 heteroatoms. The molecular weight excluding hydrogens is 643 g/mol. The van der Waals surface area contributed by atoms with E-state index in [9.17, 15) is 0 Å². The quantitative estimate of drug-likeness (QED) is 0.174. The normalized spacial score (nSPS) is 12.9. The van der Waals surface area contributed by atoms with Gasteiger partial charge in [-0.25, -0.2) is 0 Å². The summed E-state index contributed by atoms with van der Waals surface area (Å²) < 4.78 is 6.68. The van der Waals surface area contributed by atoms with Gasteiger partial charge in [0.1, 0.15) is 5.58 Å². The van der Waals surface area contributed by atoms with Crippen LogP contribution in [0.5, 0.6) is 0 Å². The van der Waals surface area contributed by atoms with E-state index < -0.39 is 0 Å². The molecule has 0 atom stereocenters. The third-order valence-electron chi connectivity index (χ3n) is 11.1. The van der Waals surface area contributed by atoms with Gasteiger partial charge in [0.05, 0.1) is 5.69 Å². The number of benzene rings is 8. The summed E-state index contributed by atoms with van der Waals surface area (Å²) in [7, 11) is 0. The molecule has 0 spiro atoms. The molecule has 0 saturated heterocycles. The number of rotatable bonds is 6. The van der Waals surface area contributed by atoms with Gasteiger partial charge in [0, 0.05) is 27.6 Å². The van der Waals surface area contributed by atoms with Crippen LogP contribution >= 0.6 is 0 Å². The Morgan fingerprint density at radius 1 is 0.396 bits per heavy atom. The fourth-order valence-corrected chi connectivity index (χ4v) is 8.37. The number of hydrogen-bond donors (Lipinski definition) is 0. The highest BCUT2D eigenvalue weighted by Gasteiger charge is 2.35. The second kappa shape index (κ2) is 12.3. The number of nitrogens with zero attached hydrogens (tertiary/aromatic N) is 1. The molecule has 0 amide bonds. The minimum atomic E-state index is -0.0145. The van der Waals surface area contributed by atoms with E-state index in [-0.39, 0.29) is 5.41 Å². The molecule has 1 aromatic heterocycles. The van der Waals surface area contributed by atoms with Crippen molar-refractivity contribution in [3.63, 3.8) is 0 Å². The lowest BCUT2D eigenvalue weighted by Gasteiger charge is -2.27. The molecule has 0 N–H and O–H groups in total. The Bertz CT molecular complexity index is 2730. The molecule has 1 aliphatic carbocycles. The van der Waals surface area contributed by atoms with E-state index in [4.69, 9.17) is 4.42 Å². The molecule has 9 aromatic rings. The molecule has 0 fully saturated rings. The number of hydrogen-bond acceptors (Lipinski definition) is 2. The van der Waals surface area contributed by atoms with Gasteiger partial charge in [-0.15, -0.1) is 0 Å². The van der Waals surface area contributed by atoms with E-state index in [1.165, 1.54) is 44.5 Å². The summed E-state index contributed by atoms with van der Waals surface area (Å²) in [5.41, 5.74) is 17.3. The van der Waals surface area contributed by atoms with Crippen molar-refractivity contribution in [1.29, 1.82) is 0 Å². The van der Waals surface area contributed by atoms with Crippen molar-refractivity contribution in [2.75, 3.05) is 4.90 Å². The fraction of sp³-hybridized carbons (Fsp3) is 0.0588. The van der Waals surface area contributed by atoms with Crippen molar-refractivity contribution in [2.24, 2.45) is 0 Å². The van der Waals surface area contributed by atoms with Crippen molar-refractivity contribution in [3.8, 4) is 44.5 Å². The molecular formula is C51H37NO. The summed E-state index contributed by atoms with van der Waals surface area (Å²) >= 11 is 0. The topological polar surface area (TPSA) is 16.4 Å². The predicted molar refractivity (Wildman–Crippen MR) is 222 cm³/mol. The zero-order valence-electron chi connectivity index (χ0n) is 29.8. The van der Waals surface area contributed by atoms with Gasteiger partial charge < -0.3 is 9.32 Å². The molecule has 0 saturated carbocycles. The maximum absolute atomic E-state index is 6.68. The van der Waals surface area contributed by atoms with Gasteiger partial charge in [-0.2, -0.15) is 0 Å². The summed E-state index contributed by atoms with van der Waals surface area (Å²) in [4.78, 5) is 2.36. The van der Waals surface area contributed by atoms with Crippen LogP contribution in [0, 0.1) is 0 Å². The van der Waals surface area contributed by atoms with E-state index in [1.54, 1.807) is 0 Å². The third-order valence-corrected chi connectivity index (χ3v) is 11.1. The molecule has 2 nitrogen and oxygen atoms in total. The standard InChI is InChI=1S/C51H37NO/c1-51(2)46-21-11-9-18-42(46)45-33-37(26-29-47(45)51)36-24-27-40(28-25-36)52(48-22-13-20-44-43-19-10-12-23-49(43)53-50(44)48)41-31-38(34-14-5-3-6-15-34)30-39(32-41)35-16-7-4-8-17-35/h3-33H,1-2H3. The molecule has 53 heavy (non-hydrogen) atoms. The van der Waals surface area contributed by atoms with E-state index in [0.29, 0.717) is 0 Å². The van der Waals surface area contributed by atoms with Crippen LogP contribution in [0.2, 0.25) is 0 Å². The minimum Gasteiger partial charge on any atom is -0.454 e. The van der Waals surface area contributed by atoms with Crippen molar-refractivity contribution >= 4 is 39.0 Å². The lowest BCUT2D eigenvalue weighted by atomic mass is 9.82. The van der Waals surface area contributed by atoms with Crippen LogP contribution in [0.3, 0.4) is 0 Å². The van der Waals surface area contributed by atoms with Gasteiger partial charge in [-0.05, 0) is 104 Å². The molecule has 252 valence electrons. The lowest BCUT2D eigenvalue weighted by Crippen LogP contribution is -2.14. The lowest BCUT2D eigenvalue weighted by molar-refractivity contribution is 0.660. The van der Waals surface area contributed by atoms with Crippen molar-refractivity contribution in [2.45, 2.75) is 19.3 Å². The summed E-state index contributed by atoms with van der Waals surface area (Å²) in [6, 6.07) is 67.8. The van der Waals surface area contributed by atoms with E-state index in [1.807, 2.05) is 6.07 Å². The number of fused-ring (bicyclic) bond motifs is 6. The Morgan fingerprint density at radius 3 is 1.72 bits per heavy atom. The first kappa shape index (κ1) is 31.1. The Morgan fingerprint density at radius 2 is 0.981 bits per heavy atom. The summed E-state index contributed by atoms with van der Waals surface area (Å²) in [6.45, 7) is 4.67. The second-order valence-electron chi connectivity index (χ2n) is 14.6. The summed E-state index contributed by atoms with van der Waals surface area (Å²) in [6.07, 6.45) is 0. The average Bonchev–Trinajstić information content (AvgIpc) is 3.71. The van der Waals surface area contributed by atoms with Crippen LogP contribution in [-0.4, -0.2) is 0 Å². The van der Waals surface area contributed by atoms with Crippen LogP contribution in [0.15, 0.2) is 192 Å². The molecule has 10 rings (SSSR count). The first-order valence-corrected chi connectivity index (χ1v) is 18.3.